The predicted molar refractivity (Wildman–Crippen MR) is 75.4 cm³/mol. The lowest BCUT2D eigenvalue weighted by molar-refractivity contribution is 0.0987. The number of hydrogen-bond donors (Lipinski definition) is 1. The van der Waals surface area contributed by atoms with Crippen molar-refractivity contribution in [2.24, 2.45) is 5.84 Å². The van der Waals surface area contributed by atoms with E-state index >= 15 is 0 Å². The molecule has 0 aromatic heterocycles. The molecule has 0 aliphatic heterocycles. The van der Waals surface area contributed by atoms with Crippen molar-refractivity contribution >= 4 is 23.2 Å². The Kier molecular flexibility index (Phi) is 2.70. The molecule has 2 rings (SSSR count). The zero-order valence-electron chi connectivity index (χ0n) is 14.0. The molecule has 0 unspecified atom stereocenters. The minimum Gasteiger partial charge on any atom is -0.497 e. The number of methoxy groups -OCH3 is 1. The number of benzene rings is 2. The zero-order valence-corrected chi connectivity index (χ0v) is 10.8. The molecule has 0 saturated carbocycles. The summed E-state index contributed by atoms with van der Waals surface area (Å²) < 4.78 is 36.0. The maximum atomic E-state index is 12.5. The third kappa shape index (κ3) is 3.05. The Labute approximate surface area is 121 Å². The second-order valence-electron chi connectivity index (χ2n) is 3.56. The summed E-state index contributed by atoms with van der Waals surface area (Å²) >= 11 is 5.71. The number of halogens is 1. The first-order valence-electron chi connectivity index (χ1n) is 7.28. The van der Waals surface area contributed by atoms with Gasteiger partial charge in [0, 0.05) is 10.6 Å². The van der Waals surface area contributed by atoms with Crippen molar-refractivity contribution in [1.29, 1.82) is 0 Å². The topological polar surface area (TPSA) is 55.6 Å². The maximum absolute atomic E-state index is 12.5. The van der Waals surface area contributed by atoms with E-state index < -0.39 is 35.6 Å². The Morgan fingerprint density at radius 2 is 1.84 bits per heavy atom. The van der Waals surface area contributed by atoms with Crippen LogP contribution in [-0.4, -0.2) is 13.0 Å². The Bertz CT molecular complexity index is 739. The fourth-order valence-electron chi connectivity index (χ4n) is 1.38. The third-order valence-electron chi connectivity index (χ3n) is 2.38. The van der Waals surface area contributed by atoms with Crippen LogP contribution in [0.4, 0.5) is 5.69 Å². The second-order valence-corrected chi connectivity index (χ2v) is 3.94. The number of rotatable bonds is 3. The summed E-state index contributed by atoms with van der Waals surface area (Å²) in [7, 11) is 1.50. The fraction of sp³-hybridized carbons (Fsp3) is 0.0714. The van der Waals surface area contributed by atoms with Crippen molar-refractivity contribution in [1.82, 2.24) is 0 Å². The zero-order chi connectivity index (χ0) is 17.3. The van der Waals surface area contributed by atoms with E-state index in [1.165, 1.54) is 19.2 Å². The van der Waals surface area contributed by atoms with E-state index in [-0.39, 0.29) is 5.02 Å². The van der Waals surface area contributed by atoms with Gasteiger partial charge in [0.2, 0.25) is 0 Å². The van der Waals surface area contributed by atoms with Gasteiger partial charge >= 0.3 is 0 Å². The van der Waals surface area contributed by atoms with Gasteiger partial charge in [0.05, 0.1) is 18.3 Å². The highest BCUT2D eigenvalue weighted by atomic mass is 35.5. The molecular formula is C14H13ClN2O2. The number of carbonyl (C=O) groups excluding carboxylic acids is 1. The summed E-state index contributed by atoms with van der Waals surface area (Å²) in [5.74, 6) is 5.46. The number of hydrogen-bond acceptors (Lipinski definition) is 3. The van der Waals surface area contributed by atoms with Crippen LogP contribution < -0.4 is 15.6 Å². The molecule has 0 aliphatic carbocycles. The minimum atomic E-state index is -0.871. The van der Waals surface area contributed by atoms with Crippen LogP contribution in [0, 0.1) is 0 Å². The number of amides is 1. The highest BCUT2D eigenvalue weighted by Gasteiger charge is 2.14. The fourth-order valence-corrected chi connectivity index (χ4v) is 1.48. The lowest BCUT2D eigenvalue weighted by Gasteiger charge is -2.17. The van der Waals surface area contributed by atoms with Crippen LogP contribution >= 0.6 is 11.6 Å². The van der Waals surface area contributed by atoms with Crippen LogP contribution in [0.3, 0.4) is 0 Å². The Morgan fingerprint density at radius 1 is 1.26 bits per heavy atom. The average Bonchev–Trinajstić information content (AvgIpc) is 2.57. The minimum absolute atomic E-state index is 0.308. The molecule has 0 saturated heterocycles. The molecule has 0 bridgehead atoms. The van der Waals surface area contributed by atoms with Gasteiger partial charge in [0.15, 0.2) is 0 Å². The van der Waals surface area contributed by atoms with Gasteiger partial charge in [0.1, 0.15) is 5.75 Å². The molecule has 0 radical (unpaired) electrons. The van der Waals surface area contributed by atoms with E-state index in [0.717, 1.165) is 5.01 Å². The summed E-state index contributed by atoms with van der Waals surface area (Å²) in [6.45, 7) is 0. The molecule has 1 amide bonds. The van der Waals surface area contributed by atoms with Crippen LogP contribution in [-0.2, 0) is 0 Å². The molecule has 19 heavy (non-hydrogen) atoms. The molecule has 2 aromatic rings. The van der Waals surface area contributed by atoms with Crippen LogP contribution in [0.25, 0.3) is 0 Å². The van der Waals surface area contributed by atoms with Gasteiger partial charge in [-0.25, -0.2) is 10.9 Å². The predicted octanol–water partition coefficient (Wildman–Crippen LogP) is 2.87. The van der Waals surface area contributed by atoms with E-state index in [0.29, 0.717) is 11.4 Å². The van der Waals surface area contributed by atoms with Crippen LogP contribution in [0.2, 0.25) is 5.02 Å². The van der Waals surface area contributed by atoms with Gasteiger partial charge in [-0.3, -0.25) is 4.79 Å². The first-order chi connectivity index (χ1) is 10.8. The number of carbonyl (C=O) groups is 1. The monoisotopic (exact) mass is 280 g/mol. The molecular weight excluding hydrogens is 264 g/mol. The van der Waals surface area contributed by atoms with Gasteiger partial charge in [0.25, 0.3) is 5.91 Å². The summed E-state index contributed by atoms with van der Waals surface area (Å²) in [6, 6.07) is 4.21. The Morgan fingerprint density at radius 3 is 2.37 bits per heavy atom. The van der Waals surface area contributed by atoms with Crippen molar-refractivity contribution in [2.75, 3.05) is 12.1 Å². The molecule has 98 valence electrons. The molecule has 0 heterocycles. The Hall–Kier alpha value is -2.04. The van der Waals surface area contributed by atoms with E-state index in [9.17, 15) is 4.79 Å². The quantitative estimate of drug-likeness (QED) is 0.534. The smallest absolute Gasteiger partial charge is 0.272 e. The van der Waals surface area contributed by atoms with E-state index in [1.807, 2.05) is 0 Å². The molecule has 0 atom stereocenters. The average molecular weight is 281 g/mol. The van der Waals surface area contributed by atoms with Crippen molar-refractivity contribution in [3.8, 4) is 5.75 Å². The van der Waals surface area contributed by atoms with Gasteiger partial charge in [-0.1, -0.05) is 11.6 Å². The van der Waals surface area contributed by atoms with Crippen molar-refractivity contribution in [2.45, 2.75) is 0 Å². The van der Waals surface area contributed by atoms with Crippen molar-refractivity contribution in [3.05, 3.63) is 59.0 Å². The number of nitrogens with zero attached hydrogens (tertiary/aromatic N) is 1. The van der Waals surface area contributed by atoms with Crippen molar-refractivity contribution in [3.63, 3.8) is 0 Å². The number of nitrogens with two attached hydrogens (primary N) is 1. The van der Waals surface area contributed by atoms with Crippen LogP contribution in [0.5, 0.6) is 5.75 Å². The van der Waals surface area contributed by atoms with Gasteiger partial charge in [-0.2, -0.15) is 0 Å². The highest BCUT2D eigenvalue weighted by Crippen LogP contribution is 2.19. The SMILES string of the molecule is [2H]c1c([2H])c(C(=O)N(N)c2ccc(OC)cc2)c([2H])c([2H])c1Cl. The first-order valence-corrected chi connectivity index (χ1v) is 5.66. The molecule has 0 aliphatic rings. The molecule has 5 heteroatoms. The maximum Gasteiger partial charge on any atom is 0.272 e. The summed E-state index contributed by atoms with van der Waals surface area (Å²) in [4.78, 5) is 12.5. The number of ether oxygens (including phenoxy) is 1. The molecule has 0 fully saturated rings. The lowest BCUT2D eigenvalue weighted by Crippen LogP contribution is -2.37. The summed E-state index contributed by atoms with van der Waals surface area (Å²) in [5, 5.41) is 0.405. The molecule has 0 spiro atoms. The normalized spacial score (nSPS) is 13.0. The van der Waals surface area contributed by atoms with Gasteiger partial charge < -0.3 is 4.74 Å². The van der Waals surface area contributed by atoms with Crippen LogP contribution in [0.1, 0.15) is 15.8 Å². The standard InChI is InChI=1S/C14H13ClN2O2/c1-19-13-8-6-12(7-9-13)17(16)14(18)10-2-4-11(15)5-3-10/h2-9H,16H2,1H3/i2D,3D,4D,5D. The van der Waals surface area contributed by atoms with Crippen LogP contribution in [0.15, 0.2) is 48.4 Å². The van der Waals surface area contributed by atoms with Gasteiger partial charge in [-0.15, -0.1) is 0 Å². The molecule has 2 N–H and O–H groups in total. The number of hydrazine groups is 1. The lowest BCUT2D eigenvalue weighted by atomic mass is 10.2. The molecule has 2 aromatic carbocycles. The van der Waals surface area contributed by atoms with Crippen molar-refractivity contribution < 1.29 is 15.0 Å². The third-order valence-corrected chi connectivity index (χ3v) is 2.57. The number of anilines is 1. The van der Waals surface area contributed by atoms with E-state index in [1.54, 1.807) is 12.1 Å². The Balaban J connectivity index is 2.47. The second kappa shape index (κ2) is 5.73. The molecule has 4 nitrogen and oxygen atoms in total. The van der Waals surface area contributed by atoms with E-state index in [4.69, 9.17) is 27.7 Å². The summed E-state index contributed by atoms with van der Waals surface area (Å²) in [6.07, 6.45) is 0. The highest BCUT2D eigenvalue weighted by molar-refractivity contribution is 6.30. The first kappa shape index (κ1) is 8.96. The van der Waals surface area contributed by atoms with Gasteiger partial charge in [-0.05, 0) is 48.4 Å². The summed E-state index contributed by atoms with van der Waals surface area (Å²) in [5.41, 5.74) is -0.134. The largest absolute Gasteiger partial charge is 0.497 e. The van der Waals surface area contributed by atoms with E-state index in [2.05, 4.69) is 0 Å².